The molecule has 0 saturated carbocycles. The number of carbonyl (C=O) groups is 2. The summed E-state index contributed by atoms with van der Waals surface area (Å²) in [6, 6.07) is 4.50. The Hall–Kier alpha value is -2.50. The molecule has 2 rings (SSSR count). The second kappa shape index (κ2) is 5.24. The predicted molar refractivity (Wildman–Crippen MR) is 70.2 cm³/mol. The number of hydrogen-bond acceptors (Lipinski definition) is 3. The van der Waals surface area contributed by atoms with Crippen molar-refractivity contribution in [2.24, 2.45) is 0 Å². The van der Waals surface area contributed by atoms with Crippen LogP contribution < -0.4 is 0 Å². The van der Waals surface area contributed by atoms with E-state index in [0.717, 1.165) is 5.56 Å². The summed E-state index contributed by atoms with van der Waals surface area (Å²) < 4.78 is 6.68. The van der Waals surface area contributed by atoms with E-state index in [-0.39, 0.29) is 23.9 Å². The van der Waals surface area contributed by atoms with Crippen LogP contribution in [-0.2, 0) is 6.54 Å². The highest BCUT2D eigenvalue weighted by molar-refractivity contribution is 5.86. The molecule has 0 spiro atoms. The van der Waals surface area contributed by atoms with Crippen LogP contribution in [0.25, 0.3) is 0 Å². The van der Waals surface area contributed by atoms with E-state index >= 15 is 0 Å². The van der Waals surface area contributed by atoms with E-state index in [1.165, 1.54) is 12.1 Å². The van der Waals surface area contributed by atoms with Gasteiger partial charge in [-0.2, -0.15) is 0 Å². The Kier molecular flexibility index (Phi) is 3.65. The Morgan fingerprint density at radius 1 is 1.25 bits per heavy atom. The van der Waals surface area contributed by atoms with E-state index in [9.17, 15) is 14.7 Å². The Labute approximate surface area is 115 Å². The molecule has 2 aromatic rings. The fraction of sp³-hybridized carbons (Fsp3) is 0.286. The highest BCUT2D eigenvalue weighted by Crippen LogP contribution is 2.20. The molecule has 0 saturated heterocycles. The first-order valence-corrected chi connectivity index (χ1v) is 6.14. The molecule has 0 aliphatic rings. The van der Waals surface area contributed by atoms with Gasteiger partial charge in [0.15, 0.2) is 0 Å². The second-order valence-electron chi connectivity index (χ2n) is 4.82. The van der Waals surface area contributed by atoms with Crippen molar-refractivity contribution in [1.29, 1.82) is 0 Å². The molecular formula is C14H15NO5. The van der Waals surface area contributed by atoms with Gasteiger partial charge in [0.1, 0.15) is 11.5 Å². The number of aromatic nitrogens is 1. The maximum absolute atomic E-state index is 11.2. The molecule has 6 heteroatoms. The Morgan fingerprint density at radius 2 is 1.95 bits per heavy atom. The first-order chi connectivity index (χ1) is 9.38. The number of carboxylic acids is 2. The van der Waals surface area contributed by atoms with E-state index in [1.54, 1.807) is 16.8 Å². The molecular weight excluding hydrogens is 262 g/mol. The fourth-order valence-electron chi connectivity index (χ4n) is 1.90. The van der Waals surface area contributed by atoms with Crippen LogP contribution in [0.5, 0.6) is 0 Å². The van der Waals surface area contributed by atoms with Crippen molar-refractivity contribution < 1.29 is 24.2 Å². The predicted octanol–water partition coefficient (Wildman–Crippen LogP) is 2.65. The number of rotatable bonds is 5. The smallest absolute Gasteiger partial charge is 0.371 e. The first kappa shape index (κ1) is 13.9. The first-order valence-electron chi connectivity index (χ1n) is 6.14. The van der Waals surface area contributed by atoms with Gasteiger partial charge < -0.3 is 19.2 Å². The molecule has 0 aliphatic carbocycles. The third-order valence-electron chi connectivity index (χ3n) is 3.00. The molecule has 0 aliphatic heterocycles. The van der Waals surface area contributed by atoms with Crippen molar-refractivity contribution in [1.82, 2.24) is 4.57 Å². The van der Waals surface area contributed by atoms with Crippen molar-refractivity contribution in [3.05, 3.63) is 47.2 Å². The molecule has 0 fully saturated rings. The lowest BCUT2D eigenvalue weighted by atomic mass is 10.1. The van der Waals surface area contributed by atoms with Crippen LogP contribution in [0.4, 0.5) is 0 Å². The van der Waals surface area contributed by atoms with E-state index in [0.29, 0.717) is 5.76 Å². The zero-order valence-electron chi connectivity index (χ0n) is 11.2. The van der Waals surface area contributed by atoms with Crippen LogP contribution in [0.2, 0.25) is 0 Å². The fourth-order valence-corrected chi connectivity index (χ4v) is 1.90. The monoisotopic (exact) mass is 277 g/mol. The third-order valence-corrected chi connectivity index (χ3v) is 3.00. The van der Waals surface area contributed by atoms with Gasteiger partial charge in [-0.1, -0.05) is 13.8 Å². The molecule has 0 unspecified atom stereocenters. The summed E-state index contributed by atoms with van der Waals surface area (Å²) >= 11 is 0. The van der Waals surface area contributed by atoms with Crippen molar-refractivity contribution >= 4 is 11.9 Å². The van der Waals surface area contributed by atoms with Gasteiger partial charge in [-0.15, -0.1) is 0 Å². The van der Waals surface area contributed by atoms with Crippen molar-refractivity contribution in [3.8, 4) is 0 Å². The number of carboxylic acid groups (broad SMARTS) is 2. The highest BCUT2D eigenvalue weighted by atomic mass is 16.4. The van der Waals surface area contributed by atoms with Crippen LogP contribution >= 0.6 is 0 Å². The molecule has 6 nitrogen and oxygen atoms in total. The van der Waals surface area contributed by atoms with Crippen molar-refractivity contribution in [2.75, 3.05) is 0 Å². The molecule has 2 N–H and O–H groups in total. The summed E-state index contributed by atoms with van der Waals surface area (Å²) in [6.45, 7) is 4.13. The number of hydrogen-bond donors (Lipinski definition) is 2. The molecule has 0 radical (unpaired) electrons. The van der Waals surface area contributed by atoms with Gasteiger partial charge >= 0.3 is 11.9 Å². The Bertz CT molecular complexity index is 650. The summed E-state index contributed by atoms with van der Waals surface area (Å²) in [6.07, 6.45) is 1.75. The molecule has 2 aromatic heterocycles. The standard InChI is InChI=1S/C14H15NO5/c1-8(2)9-5-11(13(16)17)15(6-9)7-10-3-4-12(20-10)14(18)19/h3-6,8H,7H2,1-2H3,(H,16,17)(H,18,19). The van der Waals surface area contributed by atoms with Crippen LogP contribution in [0, 0.1) is 0 Å². The zero-order valence-corrected chi connectivity index (χ0v) is 11.2. The van der Waals surface area contributed by atoms with Crippen LogP contribution in [0.15, 0.2) is 28.8 Å². The maximum Gasteiger partial charge on any atom is 0.371 e. The lowest BCUT2D eigenvalue weighted by molar-refractivity contribution is 0.0653. The quantitative estimate of drug-likeness (QED) is 0.876. The Morgan fingerprint density at radius 3 is 2.45 bits per heavy atom. The normalized spacial score (nSPS) is 10.9. The molecule has 2 heterocycles. The molecule has 0 bridgehead atoms. The van der Waals surface area contributed by atoms with Gasteiger partial charge in [0.05, 0.1) is 6.54 Å². The molecule has 0 aromatic carbocycles. The minimum atomic E-state index is -1.15. The number of furan rings is 1. The minimum absolute atomic E-state index is 0.155. The molecule has 0 atom stereocenters. The lowest BCUT2D eigenvalue weighted by Crippen LogP contribution is -2.08. The van der Waals surface area contributed by atoms with E-state index < -0.39 is 11.9 Å². The third kappa shape index (κ3) is 2.74. The van der Waals surface area contributed by atoms with Crippen molar-refractivity contribution in [2.45, 2.75) is 26.3 Å². The largest absolute Gasteiger partial charge is 0.477 e. The minimum Gasteiger partial charge on any atom is -0.477 e. The van der Waals surface area contributed by atoms with Gasteiger partial charge in [-0.25, -0.2) is 9.59 Å². The van der Waals surface area contributed by atoms with Gasteiger partial charge in [0.2, 0.25) is 5.76 Å². The lowest BCUT2D eigenvalue weighted by Gasteiger charge is -2.03. The summed E-state index contributed by atoms with van der Waals surface area (Å²) in [7, 11) is 0. The van der Waals surface area contributed by atoms with Gasteiger partial charge in [-0.3, -0.25) is 0 Å². The highest BCUT2D eigenvalue weighted by Gasteiger charge is 2.16. The average molecular weight is 277 g/mol. The molecule has 106 valence electrons. The SMILES string of the molecule is CC(C)c1cc(C(=O)O)n(Cc2ccc(C(=O)O)o2)c1. The van der Waals surface area contributed by atoms with Crippen LogP contribution in [0.1, 0.15) is 52.1 Å². The van der Waals surface area contributed by atoms with Gasteiger partial charge in [0, 0.05) is 6.20 Å². The van der Waals surface area contributed by atoms with Gasteiger partial charge in [-0.05, 0) is 29.7 Å². The van der Waals surface area contributed by atoms with Crippen LogP contribution in [0.3, 0.4) is 0 Å². The maximum atomic E-state index is 11.2. The molecule has 0 amide bonds. The summed E-state index contributed by atoms with van der Waals surface area (Å²) in [5.74, 6) is -1.73. The van der Waals surface area contributed by atoms with E-state index in [2.05, 4.69) is 0 Å². The zero-order chi connectivity index (χ0) is 14.9. The van der Waals surface area contributed by atoms with E-state index in [1.807, 2.05) is 13.8 Å². The summed E-state index contributed by atoms with van der Waals surface area (Å²) in [4.78, 5) is 22.0. The van der Waals surface area contributed by atoms with Crippen molar-refractivity contribution in [3.63, 3.8) is 0 Å². The van der Waals surface area contributed by atoms with Gasteiger partial charge in [0.25, 0.3) is 0 Å². The summed E-state index contributed by atoms with van der Waals surface area (Å²) in [5.41, 5.74) is 1.06. The van der Waals surface area contributed by atoms with E-state index in [4.69, 9.17) is 9.52 Å². The van der Waals surface area contributed by atoms with Crippen LogP contribution in [-0.4, -0.2) is 26.7 Å². The Balaban J connectivity index is 2.31. The number of nitrogens with zero attached hydrogens (tertiary/aromatic N) is 1. The molecule has 20 heavy (non-hydrogen) atoms. The average Bonchev–Trinajstić information content (AvgIpc) is 2.96. The second-order valence-corrected chi connectivity index (χ2v) is 4.82. The summed E-state index contributed by atoms with van der Waals surface area (Å²) in [5, 5.41) is 18.0. The number of aromatic carboxylic acids is 2. The topological polar surface area (TPSA) is 92.7 Å².